The summed E-state index contributed by atoms with van der Waals surface area (Å²) in [7, 11) is 0. The number of nitriles is 1. The number of rotatable bonds is 1. The van der Waals surface area contributed by atoms with E-state index in [1.165, 1.54) is 23.1 Å². The molecule has 2 N–H and O–H groups in total. The van der Waals surface area contributed by atoms with E-state index in [4.69, 9.17) is 11.0 Å². The highest BCUT2D eigenvalue weighted by Crippen LogP contribution is 2.40. The highest BCUT2D eigenvalue weighted by atomic mass is 14.8. The molecule has 0 spiro atoms. The van der Waals surface area contributed by atoms with Crippen LogP contribution in [0.2, 0.25) is 0 Å². The maximum atomic E-state index is 8.94. The Hall–Kier alpha value is -1.33. The highest BCUT2D eigenvalue weighted by Gasteiger charge is 2.35. The van der Waals surface area contributed by atoms with Gasteiger partial charge in [0, 0.05) is 5.54 Å². The van der Waals surface area contributed by atoms with E-state index in [0.29, 0.717) is 0 Å². The molecule has 1 aliphatic rings. The first-order chi connectivity index (χ1) is 7.07. The Kier molecular flexibility index (Phi) is 2.28. The molecule has 0 radical (unpaired) electrons. The van der Waals surface area contributed by atoms with Crippen LogP contribution in [0.4, 0.5) is 0 Å². The summed E-state index contributed by atoms with van der Waals surface area (Å²) >= 11 is 0. The van der Waals surface area contributed by atoms with Crippen molar-refractivity contribution >= 4 is 0 Å². The van der Waals surface area contributed by atoms with Gasteiger partial charge in [-0.05, 0) is 61.9 Å². The molecule has 2 rings (SSSR count). The quantitative estimate of drug-likeness (QED) is 0.757. The van der Waals surface area contributed by atoms with Crippen LogP contribution in [-0.4, -0.2) is 0 Å². The summed E-state index contributed by atoms with van der Waals surface area (Å²) in [5, 5.41) is 8.94. The first-order valence-electron chi connectivity index (χ1n) is 5.37. The molecule has 0 unspecified atom stereocenters. The molecule has 1 aromatic carbocycles. The van der Waals surface area contributed by atoms with Crippen LogP contribution >= 0.6 is 0 Å². The summed E-state index contributed by atoms with van der Waals surface area (Å²) in [6.45, 7) is 4.14. The summed E-state index contributed by atoms with van der Waals surface area (Å²) in [4.78, 5) is 0. The smallest absolute Gasteiger partial charge is 0.0991 e. The lowest BCUT2D eigenvalue weighted by Crippen LogP contribution is -2.44. The van der Waals surface area contributed by atoms with E-state index in [2.05, 4.69) is 13.0 Å². The fourth-order valence-corrected chi connectivity index (χ4v) is 2.27. The van der Waals surface area contributed by atoms with Gasteiger partial charge < -0.3 is 5.73 Å². The molecule has 0 aromatic heterocycles. The van der Waals surface area contributed by atoms with Gasteiger partial charge in [-0.25, -0.2) is 0 Å². The molecule has 1 fully saturated rings. The molecule has 0 atom stereocenters. The van der Waals surface area contributed by atoms with Crippen molar-refractivity contribution in [1.29, 1.82) is 5.26 Å². The normalized spacial score (nSPS) is 18.0. The molecule has 1 saturated carbocycles. The minimum absolute atomic E-state index is 0.165. The molecule has 78 valence electrons. The van der Waals surface area contributed by atoms with Crippen molar-refractivity contribution in [2.75, 3.05) is 0 Å². The largest absolute Gasteiger partial charge is 0.321 e. The van der Waals surface area contributed by atoms with Crippen LogP contribution in [0.1, 0.15) is 41.5 Å². The standard InChI is InChI=1S/C13H16N2/c1-9-6-11(8-14)7-12(10(9)2)13(15)4-3-5-13/h6-7H,3-5,15H2,1-2H3. The second-order valence-electron chi connectivity index (χ2n) is 4.59. The molecule has 0 bridgehead atoms. The van der Waals surface area contributed by atoms with Crippen LogP contribution in [0.25, 0.3) is 0 Å². The Morgan fingerprint density at radius 2 is 2.00 bits per heavy atom. The van der Waals surface area contributed by atoms with Crippen molar-refractivity contribution in [2.45, 2.75) is 38.6 Å². The van der Waals surface area contributed by atoms with Gasteiger partial charge in [-0.15, -0.1) is 0 Å². The molecule has 1 aromatic rings. The molecular weight excluding hydrogens is 184 g/mol. The third kappa shape index (κ3) is 1.53. The number of hydrogen-bond donors (Lipinski definition) is 1. The molecular formula is C13H16N2. The molecule has 0 heterocycles. The van der Waals surface area contributed by atoms with E-state index in [9.17, 15) is 0 Å². The second-order valence-corrected chi connectivity index (χ2v) is 4.59. The van der Waals surface area contributed by atoms with Crippen LogP contribution in [0.3, 0.4) is 0 Å². The van der Waals surface area contributed by atoms with E-state index < -0.39 is 0 Å². The van der Waals surface area contributed by atoms with Gasteiger partial charge in [-0.1, -0.05) is 0 Å². The molecule has 0 saturated heterocycles. The molecule has 1 aliphatic carbocycles. The first kappa shape index (κ1) is 10.2. The Balaban J connectivity index is 2.55. The lowest BCUT2D eigenvalue weighted by atomic mass is 9.70. The first-order valence-corrected chi connectivity index (χ1v) is 5.37. The van der Waals surface area contributed by atoms with Crippen LogP contribution in [0.15, 0.2) is 12.1 Å². The van der Waals surface area contributed by atoms with Gasteiger partial charge in [0.05, 0.1) is 11.6 Å². The van der Waals surface area contributed by atoms with E-state index in [-0.39, 0.29) is 5.54 Å². The molecule has 2 nitrogen and oxygen atoms in total. The molecule has 15 heavy (non-hydrogen) atoms. The average Bonchev–Trinajstić information content (AvgIpc) is 2.18. The summed E-state index contributed by atoms with van der Waals surface area (Å²) < 4.78 is 0. The zero-order chi connectivity index (χ0) is 11.1. The maximum absolute atomic E-state index is 8.94. The molecule has 2 heteroatoms. The number of aryl methyl sites for hydroxylation is 1. The highest BCUT2D eigenvalue weighted by molar-refractivity contribution is 5.46. The zero-order valence-corrected chi connectivity index (χ0v) is 9.30. The number of hydrogen-bond acceptors (Lipinski definition) is 2. The van der Waals surface area contributed by atoms with Crippen molar-refractivity contribution in [3.63, 3.8) is 0 Å². The minimum Gasteiger partial charge on any atom is -0.321 e. The predicted octanol–water partition coefficient (Wildman–Crippen LogP) is 2.51. The van der Waals surface area contributed by atoms with Crippen LogP contribution in [0, 0.1) is 25.2 Å². The van der Waals surface area contributed by atoms with E-state index >= 15 is 0 Å². The second kappa shape index (κ2) is 3.36. The van der Waals surface area contributed by atoms with Gasteiger partial charge in [-0.3, -0.25) is 0 Å². The van der Waals surface area contributed by atoms with Gasteiger partial charge in [0.2, 0.25) is 0 Å². The Bertz CT molecular complexity index is 437. The molecule has 0 amide bonds. The van der Waals surface area contributed by atoms with Crippen molar-refractivity contribution < 1.29 is 0 Å². The van der Waals surface area contributed by atoms with Crippen LogP contribution < -0.4 is 5.73 Å². The number of benzene rings is 1. The average molecular weight is 200 g/mol. The van der Waals surface area contributed by atoms with Crippen LogP contribution in [-0.2, 0) is 5.54 Å². The van der Waals surface area contributed by atoms with E-state index in [1.807, 2.05) is 19.1 Å². The third-order valence-corrected chi connectivity index (χ3v) is 3.58. The van der Waals surface area contributed by atoms with Crippen molar-refractivity contribution in [3.8, 4) is 6.07 Å². The predicted molar refractivity (Wildman–Crippen MR) is 60.3 cm³/mol. The minimum atomic E-state index is -0.165. The monoisotopic (exact) mass is 200 g/mol. The summed E-state index contributed by atoms with van der Waals surface area (Å²) in [6, 6.07) is 6.09. The molecule has 0 aliphatic heterocycles. The number of nitrogens with two attached hydrogens (primary N) is 1. The van der Waals surface area contributed by atoms with E-state index in [0.717, 1.165) is 18.4 Å². The summed E-state index contributed by atoms with van der Waals surface area (Å²) in [5.41, 5.74) is 10.5. The van der Waals surface area contributed by atoms with Crippen molar-refractivity contribution in [1.82, 2.24) is 0 Å². The van der Waals surface area contributed by atoms with Gasteiger partial charge in [0.15, 0.2) is 0 Å². The Labute approximate surface area is 90.7 Å². The summed E-state index contributed by atoms with van der Waals surface area (Å²) in [6.07, 6.45) is 3.29. The van der Waals surface area contributed by atoms with Crippen molar-refractivity contribution in [2.24, 2.45) is 5.73 Å². The number of nitrogens with zero attached hydrogens (tertiary/aromatic N) is 1. The fourth-order valence-electron chi connectivity index (χ4n) is 2.27. The van der Waals surface area contributed by atoms with Gasteiger partial charge >= 0.3 is 0 Å². The van der Waals surface area contributed by atoms with Gasteiger partial charge in [0.25, 0.3) is 0 Å². The topological polar surface area (TPSA) is 49.8 Å². The van der Waals surface area contributed by atoms with Gasteiger partial charge in [-0.2, -0.15) is 5.26 Å². The summed E-state index contributed by atoms with van der Waals surface area (Å²) in [5.74, 6) is 0. The third-order valence-electron chi connectivity index (χ3n) is 3.58. The van der Waals surface area contributed by atoms with Crippen molar-refractivity contribution in [3.05, 3.63) is 34.4 Å². The SMILES string of the molecule is Cc1cc(C#N)cc(C2(N)CCC2)c1C. The van der Waals surface area contributed by atoms with Crippen LogP contribution in [0.5, 0.6) is 0 Å². The van der Waals surface area contributed by atoms with Gasteiger partial charge in [0.1, 0.15) is 0 Å². The lowest BCUT2D eigenvalue weighted by Gasteiger charge is -2.40. The van der Waals surface area contributed by atoms with E-state index in [1.54, 1.807) is 0 Å². The zero-order valence-electron chi connectivity index (χ0n) is 9.30. The lowest BCUT2D eigenvalue weighted by molar-refractivity contribution is 0.252. The Morgan fingerprint density at radius 3 is 2.47 bits per heavy atom. The fraction of sp³-hybridized carbons (Fsp3) is 0.462. The maximum Gasteiger partial charge on any atom is 0.0991 e. The Morgan fingerprint density at radius 1 is 1.33 bits per heavy atom.